The van der Waals surface area contributed by atoms with Gasteiger partial charge in [0.15, 0.2) is 0 Å². The van der Waals surface area contributed by atoms with Crippen molar-refractivity contribution < 1.29 is 18.7 Å². The highest BCUT2D eigenvalue weighted by molar-refractivity contribution is 6.00. The fourth-order valence-electron chi connectivity index (χ4n) is 5.13. The van der Waals surface area contributed by atoms with Crippen molar-refractivity contribution in [3.05, 3.63) is 29.6 Å². The molecule has 164 valence electrons. The molecular formula is C23H32FN3O3. The Labute approximate surface area is 177 Å². The van der Waals surface area contributed by atoms with Gasteiger partial charge in [0.25, 0.3) is 0 Å². The highest BCUT2D eigenvalue weighted by Crippen LogP contribution is 2.34. The standard InChI is InChI=1S/C23H32FN3O3/c1-17-5-6-19(14-20(17)24)27-15-18(13-21(27)28)22(29)25-16-23(7-3-2-4-8-23)26-9-11-30-12-10-26/h5-6,14,18H,2-4,7-13,15-16H2,1H3,(H,25,29)/t18-/m0/s1. The van der Waals surface area contributed by atoms with E-state index in [0.717, 1.165) is 39.1 Å². The van der Waals surface area contributed by atoms with Gasteiger partial charge in [0.1, 0.15) is 5.82 Å². The van der Waals surface area contributed by atoms with Crippen molar-refractivity contribution in [3.8, 4) is 0 Å². The minimum absolute atomic E-state index is 0.0000753. The lowest BCUT2D eigenvalue weighted by Gasteiger charge is -2.48. The van der Waals surface area contributed by atoms with E-state index < -0.39 is 5.92 Å². The number of hydrogen-bond acceptors (Lipinski definition) is 4. The molecule has 0 bridgehead atoms. The molecule has 1 aromatic rings. The third-order valence-electron chi connectivity index (χ3n) is 7.02. The molecule has 7 heteroatoms. The van der Waals surface area contributed by atoms with E-state index in [2.05, 4.69) is 10.2 Å². The van der Waals surface area contributed by atoms with Crippen LogP contribution in [0.25, 0.3) is 0 Å². The first-order valence-electron chi connectivity index (χ1n) is 11.2. The zero-order valence-electron chi connectivity index (χ0n) is 17.8. The highest BCUT2D eigenvalue weighted by atomic mass is 19.1. The van der Waals surface area contributed by atoms with E-state index in [1.165, 1.54) is 30.2 Å². The van der Waals surface area contributed by atoms with E-state index in [-0.39, 0.29) is 29.6 Å². The molecule has 0 aromatic heterocycles. The number of benzene rings is 1. The average Bonchev–Trinajstić information content (AvgIpc) is 3.17. The zero-order valence-corrected chi connectivity index (χ0v) is 17.8. The molecule has 2 amide bonds. The normalized spacial score (nSPS) is 24.8. The molecule has 0 radical (unpaired) electrons. The van der Waals surface area contributed by atoms with Crippen molar-refractivity contribution in [1.82, 2.24) is 10.2 Å². The number of carbonyl (C=O) groups is 2. The Hall–Kier alpha value is -1.99. The minimum atomic E-state index is -0.396. The summed E-state index contributed by atoms with van der Waals surface area (Å²) in [5.41, 5.74) is 1.07. The van der Waals surface area contributed by atoms with Gasteiger partial charge in [0, 0.05) is 43.8 Å². The quantitative estimate of drug-likeness (QED) is 0.800. The van der Waals surface area contributed by atoms with Crippen molar-refractivity contribution in [1.29, 1.82) is 0 Å². The van der Waals surface area contributed by atoms with Crippen molar-refractivity contribution in [2.75, 3.05) is 44.3 Å². The molecule has 2 saturated heterocycles. The molecule has 4 rings (SSSR count). The van der Waals surface area contributed by atoms with E-state index >= 15 is 0 Å². The van der Waals surface area contributed by atoms with E-state index in [9.17, 15) is 14.0 Å². The second-order valence-corrected chi connectivity index (χ2v) is 8.94. The Morgan fingerprint density at radius 1 is 1.23 bits per heavy atom. The summed E-state index contributed by atoms with van der Waals surface area (Å²) in [6, 6.07) is 4.79. The first kappa shape index (κ1) is 21.2. The molecular weight excluding hydrogens is 385 g/mol. The lowest BCUT2D eigenvalue weighted by Crippen LogP contribution is -2.60. The van der Waals surface area contributed by atoms with Crippen LogP contribution in [0.3, 0.4) is 0 Å². The van der Waals surface area contributed by atoms with Gasteiger partial charge in [-0.1, -0.05) is 25.3 Å². The molecule has 6 nitrogen and oxygen atoms in total. The van der Waals surface area contributed by atoms with Crippen LogP contribution in [0.5, 0.6) is 0 Å². The van der Waals surface area contributed by atoms with Gasteiger partial charge in [-0.15, -0.1) is 0 Å². The number of rotatable bonds is 5. The molecule has 0 spiro atoms. The van der Waals surface area contributed by atoms with E-state index in [1.807, 2.05) is 0 Å². The largest absolute Gasteiger partial charge is 0.379 e. The number of ether oxygens (including phenoxy) is 1. The molecule has 1 aliphatic carbocycles. The van der Waals surface area contributed by atoms with Crippen LogP contribution in [0, 0.1) is 18.7 Å². The lowest BCUT2D eigenvalue weighted by atomic mass is 9.79. The van der Waals surface area contributed by atoms with Crippen molar-refractivity contribution >= 4 is 17.5 Å². The Bertz CT molecular complexity index is 788. The van der Waals surface area contributed by atoms with Gasteiger partial charge in [0.2, 0.25) is 11.8 Å². The van der Waals surface area contributed by atoms with Gasteiger partial charge in [-0.3, -0.25) is 14.5 Å². The van der Waals surface area contributed by atoms with Crippen LogP contribution < -0.4 is 10.2 Å². The summed E-state index contributed by atoms with van der Waals surface area (Å²) in [4.78, 5) is 29.5. The monoisotopic (exact) mass is 417 g/mol. The van der Waals surface area contributed by atoms with Crippen molar-refractivity contribution in [3.63, 3.8) is 0 Å². The summed E-state index contributed by atoms with van der Waals surface area (Å²) in [6.07, 6.45) is 5.96. The van der Waals surface area contributed by atoms with E-state index in [4.69, 9.17) is 4.74 Å². The van der Waals surface area contributed by atoms with Gasteiger partial charge in [-0.05, 0) is 37.5 Å². The third-order valence-corrected chi connectivity index (χ3v) is 7.02. The van der Waals surface area contributed by atoms with Gasteiger partial charge in [0.05, 0.1) is 19.1 Å². The molecule has 1 atom stereocenters. The van der Waals surface area contributed by atoms with Crippen molar-refractivity contribution in [2.24, 2.45) is 5.92 Å². The summed E-state index contributed by atoms with van der Waals surface area (Å²) in [7, 11) is 0. The zero-order chi connectivity index (χ0) is 21.1. The van der Waals surface area contributed by atoms with Crippen LogP contribution in [0.1, 0.15) is 44.1 Å². The summed E-state index contributed by atoms with van der Waals surface area (Å²) >= 11 is 0. The summed E-state index contributed by atoms with van der Waals surface area (Å²) in [6.45, 7) is 5.92. The smallest absolute Gasteiger partial charge is 0.227 e. The van der Waals surface area contributed by atoms with Crippen LogP contribution in [0.15, 0.2) is 18.2 Å². The Balaban J connectivity index is 1.39. The topological polar surface area (TPSA) is 61.9 Å². The summed E-state index contributed by atoms with van der Waals surface area (Å²) in [5.74, 6) is -0.930. The Morgan fingerprint density at radius 2 is 1.97 bits per heavy atom. The predicted molar refractivity (Wildman–Crippen MR) is 113 cm³/mol. The number of nitrogens with one attached hydrogen (secondary N) is 1. The first-order valence-corrected chi connectivity index (χ1v) is 11.2. The molecule has 30 heavy (non-hydrogen) atoms. The molecule has 2 aliphatic heterocycles. The maximum atomic E-state index is 13.9. The van der Waals surface area contributed by atoms with Gasteiger partial charge in [-0.2, -0.15) is 0 Å². The molecule has 3 aliphatic rings. The van der Waals surface area contributed by atoms with E-state index in [0.29, 0.717) is 24.3 Å². The van der Waals surface area contributed by atoms with Crippen LogP contribution >= 0.6 is 0 Å². The fourth-order valence-corrected chi connectivity index (χ4v) is 5.13. The maximum Gasteiger partial charge on any atom is 0.227 e. The molecule has 2 heterocycles. The van der Waals surface area contributed by atoms with Crippen LogP contribution in [0.2, 0.25) is 0 Å². The summed E-state index contributed by atoms with van der Waals surface area (Å²) in [5, 5.41) is 3.17. The van der Waals surface area contributed by atoms with Gasteiger partial charge < -0.3 is 15.0 Å². The number of amides is 2. The maximum absolute atomic E-state index is 13.9. The number of nitrogens with zero attached hydrogens (tertiary/aromatic N) is 2. The lowest BCUT2D eigenvalue weighted by molar-refractivity contribution is -0.127. The molecule has 1 N–H and O–H groups in total. The minimum Gasteiger partial charge on any atom is -0.379 e. The number of halogens is 1. The first-order chi connectivity index (χ1) is 14.5. The fraction of sp³-hybridized carbons (Fsp3) is 0.652. The predicted octanol–water partition coefficient (Wildman–Crippen LogP) is 2.64. The van der Waals surface area contributed by atoms with E-state index in [1.54, 1.807) is 19.1 Å². The molecule has 0 unspecified atom stereocenters. The summed E-state index contributed by atoms with van der Waals surface area (Å²) < 4.78 is 19.5. The number of aryl methyl sites for hydroxylation is 1. The number of morpholine rings is 1. The van der Waals surface area contributed by atoms with Gasteiger partial charge in [-0.25, -0.2) is 4.39 Å². The molecule has 3 fully saturated rings. The van der Waals surface area contributed by atoms with Crippen LogP contribution in [-0.4, -0.2) is 61.6 Å². The molecule has 1 aromatic carbocycles. The number of carbonyl (C=O) groups excluding carboxylic acids is 2. The van der Waals surface area contributed by atoms with Crippen molar-refractivity contribution in [2.45, 2.75) is 51.0 Å². The SMILES string of the molecule is Cc1ccc(N2C[C@@H](C(=O)NCC3(N4CCOCC4)CCCCC3)CC2=O)cc1F. The Kier molecular flexibility index (Phi) is 6.39. The number of anilines is 1. The molecule has 1 saturated carbocycles. The van der Waals surface area contributed by atoms with Crippen LogP contribution in [0.4, 0.5) is 10.1 Å². The van der Waals surface area contributed by atoms with Crippen LogP contribution in [-0.2, 0) is 14.3 Å². The highest BCUT2D eigenvalue weighted by Gasteiger charge is 2.40. The second-order valence-electron chi connectivity index (χ2n) is 8.94. The van der Waals surface area contributed by atoms with Gasteiger partial charge >= 0.3 is 0 Å². The number of hydrogen-bond donors (Lipinski definition) is 1. The second kappa shape index (κ2) is 9.02. The average molecular weight is 418 g/mol. The Morgan fingerprint density at radius 3 is 2.67 bits per heavy atom. The third kappa shape index (κ3) is 4.37.